The minimum absolute atomic E-state index is 0.0174. The van der Waals surface area contributed by atoms with E-state index in [1.54, 1.807) is 55.4 Å². The molecule has 0 aromatic heterocycles. The number of amides is 4. The smallest absolute Gasteiger partial charge is 0.407 e. The summed E-state index contributed by atoms with van der Waals surface area (Å²) in [5, 5.41) is 11.3. The van der Waals surface area contributed by atoms with Crippen LogP contribution in [0.4, 0.5) is 4.79 Å². The number of likely N-dealkylation sites (N-methyl/N-ethyl adjacent to an activating group) is 2. The van der Waals surface area contributed by atoms with E-state index in [0.717, 1.165) is 26.2 Å². The molecule has 1 rings (SSSR count). The molecule has 0 spiro atoms. The molecule has 4 amide bonds. The summed E-state index contributed by atoms with van der Waals surface area (Å²) >= 11 is 0. The van der Waals surface area contributed by atoms with Gasteiger partial charge in [0.1, 0.15) is 23.8 Å². The first-order valence-electron chi connectivity index (χ1n) is 15.8. The lowest BCUT2D eigenvalue weighted by molar-refractivity contribution is -0.912. The van der Waals surface area contributed by atoms with Gasteiger partial charge in [-0.05, 0) is 54.9 Å². The third-order valence-corrected chi connectivity index (χ3v) is 8.07. The third-order valence-electron chi connectivity index (χ3n) is 7.45. The van der Waals surface area contributed by atoms with E-state index in [4.69, 9.17) is 14.0 Å². The molecule has 0 saturated carbocycles. The predicted molar refractivity (Wildman–Crippen MR) is 175 cm³/mol. The second-order valence-corrected chi connectivity index (χ2v) is 16.1. The number of alkyl carbamates (subject to hydrolysis) is 1. The monoisotopic (exact) mass is 693 g/mol. The van der Waals surface area contributed by atoms with Crippen molar-refractivity contribution in [3.8, 4) is 0 Å². The molecule has 0 bridgehead atoms. The van der Waals surface area contributed by atoms with Gasteiger partial charge in [-0.1, -0.05) is 6.92 Å². The molecule has 47 heavy (non-hydrogen) atoms. The van der Waals surface area contributed by atoms with Crippen LogP contribution in [0, 0.1) is 5.92 Å². The number of hydrogen-bond donors (Lipinski definition) is 5. The second-order valence-electron chi connectivity index (χ2n) is 14.6. The molecular weight excluding hydrogens is 636 g/mol. The van der Waals surface area contributed by atoms with Gasteiger partial charge in [-0.2, -0.15) is 8.42 Å². The molecule has 1 aliphatic rings. The topological polar surface area (TPSA) is 210 Å². The molecule has 0 aliphatic carbocycles. The second kappa shape index (κ2) is 17.4. The van der Waals surface area contributed by atoms with Crippen LogP contribution in [-0.2, 0) is 38.8 Å². The van der Waals surface area contributed by atoms with Crippen molar-refractivity contribution >= 4 is 39.9 Å². The molecule has 1 heterocycles. The Morgan fingerprint density at radius 1 is 0.936 bits per heavy atom. The van der Waals surface area contributed by atoms with Crippen molar-refractivity contribution in [3.05, 3.63) is 0 Å². The summed E-state index contributed by atoms with van der Waals surface area (Å²) in [5.74, 6) is -4.65. The number of nitrogens with one attached hydrogen (secondary N) is 4. The van der Waals surface area contributed by atoms with Crippen LogP contribution in [0.3, 0.4) is 0 Å². The molecule has 0 aromatic rings. The number of carbonyl (C=O) groups excluding carboxylic acids is 5. The maximum Gasteiger partial charge on any atom is 0.407 e. The molecule has 3 unspecified atom stereocenters. The van der Waals surface area contributed by atoms with Gasteiger partial charge in [-0.25, -0.2) is 4.79 Å². The average molecular weight is 694 g/mol. The lowest BCUT2D eigenvalue weighted by Crippen LogP contribution is -2.63. The predicted octanol–water partition coefficient (Wildman–Crippen LogP) is 0.0232. The Hall–Kier alpha value is -3.02. The van der Waals surface area contributed by atoms with Crippen molar-refractivity contribution < 1.29 is 50.9 Å². The minimum atomic E-state index is -4.68. The zero-order valence-electron chi connectivity index (χ0n) is 29.6. The minimum Gasteiger partial charge on any atom is -0.460 e. The summed E-state index contributed by atoms with van der Waals surface area (Å²) in [5.41, 5.74) is -1.50. The summed E-state index contributed by atoms with van der Waals surface area (Å²) in [4.78, 5) is 65.5. The van der Waals surface area contributed by atoms with Crippen LogP contribution >= 0.6 is 0 Å². The fourth-order valence-corrected chi connectivity index (χ4v) is 5.39. The summed E-state index contributed by atoms with van der Waals surface area (Å²) in [6, 6.07) is -2.46. The third kappa shape index (κ3) is 17.6. The van der Waals surface area contributed by atoms with Gasteiger partial charge in [0, 0.05) is 39.1 Å². The highest BCUT2D eigenvalue weighted by Crippen LogP contribution is 2.14. The van der Waals surface area contributed by atoms with Crippen LogP contribution in [0.2, 0.25) is 0 Å². The van der Waals surface area contributed by atoms with E-state index in [2.05, 4.69) is 28.3 Å². The number of nitrogens with zero attached hydrogens (tertiary/aromatic N) is 2. The molecule has 5 N–H and O–H groups in total. The van der Waals surface area contributed by atoms with Gasteiger partial charge in [0.15, 0.2) is 5.75 Å². The van der Waals surface area contributed by atoms with E-state index in [0.29, 0.717) is 11.0 Å². The fourth-order valence-electron chi connectivity index (χ4n) is 4.98. The molecule has 1 saturated heterocycles. The Morgan fingerprint density at radius 3 is 2.00 bits per heavy atom. The standard InChI is InChI=1S/C30H56N6O10S/c1-20(21(2)32-28(41)46-30(6,7)8)26(39)33-22(18-36(10)15-13-31-14-16-36)17-35(9)27(40)23(34-24(37)19-47(42,43)44)11-12-25(38)45-29(3,4)5/h20-23,31H,11-19H2,1-10H3,(H3-,32,33,34,37,39,41,42,43,44)/p+1/t20?,21?,22?,23-/m0/s1. The highest BCUT2D eigenvalue weighted by atomic mass is 32.2. The zero-order chi connectivity index (χ0) is 36.4. The summed E-state index contributed by atoms with van der Waals surface area (Å²) < 4.78 is 42.9. The Labute approximate surface area is 279 Å². The largest absolute Gasteiger partial charge is 0.460 e. The quantitative estimate of drug-likeness (QED) is 0.0878. The van der Waals surface area contributed by atoms with Crippen LogP contribution in [0.5, 0.6) is 0 Å². The molecule has 4 atom stereocenters. The molecule has 1 aliphatic heterocycles. The molecule has 16 nitrogen and oxygen atoms in total. The molecular formula is C30H57N6O10S+. The maximum absolute atomic E-state index is 13.7. The van der Waals surface area contributed by atoms with Crippen LogP contribution in [-0.4, -0.2) is 141 Å². The van der Waals surface area contributed by atoms with Gasteiger partial charge < -0.3 is 40.1 Å². The van der Waals surface area contributed by atoms with E-state index >= 15 is 0 Å². The van der Waals surface area contributed by atoms with Crippen molar-refractivity contribution in [2.24, 2.45) is 5.92 Å². The molecule has 17 heteroatoms. The molecule has 1 fully saturated rings. The Morgan fingerprint density at radius 2 is 1.49 bits per heavy atom. The zero-order valence-corrected chi connectivity index (χ0v) is 30.4. The first-order valence-corrected chi connectivity index (χ1v) is 17.5. The van der Waals surface area contributed by atoms with E-state index in [1.807, 2.05) is 0 Å². The number of piperazine rings is 1. The van der Waals surface area contributed by atoms with E-state index in [9.17, 15) is 32.4 Å². The van der Waals surface area contributed by atoms with E-state index in [1.165, 1.54) is 11.9 Å². The van der Waals surface area contributed by atoms with Crippen LogP contribution < -0.4 is 21.3 Å². The Balaban J connectivity index is 3.17. The number of hydrogen-bond acceptors (Lipinski definition) is 10. The van der Waals surface area contributed by atoms with Gasteiger partial charge in [0.05, 0.1) is 32.1 Å². The van der Waals surface area contributed by atoms with Crippen molar-refractivity contribution in [1.82, 2.24) is 26.2 Å². The summed E-state index contributed by atoms with van der Waals surface area (Å²) in [6.45, 7) is 17.2. The first kappa shape index (κ1) is 42.0. The summed E-state index contributed by atoms with van der Waals surface area (Å²) in [6.07, 6.45) is -1.11. The van der Waals surface area contributed by atoms with Crippen molar-refractivity contribution in [2.45, 2.75) is 97.6 Å². The Kier molecular flexibility index (Phi) is 15.5. The number of quaternary nitrogens is 1. The number of carbonyl (C=O) groups is 5. The normalized spacial score (nSPS) is 17.7. The van der Waals surface area contributed by atoms with Crippen molar-refractivity contribution in [2.75, 3.05) is 59.1 Å². The van der Waals surface area contributed by atoms with Crippen LogP contribution in [0.1, 0.15) is 68.2 Å². The lowest BCUT2D eigenvalue weighted by atomic mass is 10.0. The van der Waals surface area contributed by atoms with E-state index in [-0.39, 0.29) is 25.3 Å². The molecule has 0 aromatic carbocycles. The maximum atomic E-state index is 13.7. The Bertz CT molecular complexity index is 1210. The first-order chi connectivity index (χ1) is 21.3. The number of rotatable bonds is 15. The van der Waals surface area contributed by atoms with Gasteiger partial charge in [0.25, 0.3) is 10.1 Å². The molecule has 0 radical (unpaired) electrons. The van der Waals surface area contributed by atoms with Crippen LogP contribution in [0.15, 0.2) is 0 Å². The summed E-state index contributed by atoms with van der Waals surface area (Å²) in [7, 11) is -1.15. The highest BCUT2D eigenvalue weighted by molar-refractivity contribution is 7.86. The highest BCUT2D eigenvalue weighted by Gasteiger charge is 2.35. The SMILES string of the molecule is CC(NC(=O)OC(C)(C)C)C(C)C(=O)NC(CN(C)C(=O)[C@H](CCC(=O)OC(C)(C)C)NC(=O)CS(=O)(=O)O)C[N+]1(C)CCNCC1. The fraction of sp³-hybridized carbons (Fsp3) is 0.833. The van der Waals surface area contributed by atoms with Crippen molar-refractivity contribution in [1.29, 1.82) is 0 Å². The van der Waals surface area contributed by atoms with Gasteiger partial charge >= 0.3 is 12.1 Å². The van der Waals surface area contributed by atoms with Gasteiger partial charge in [-0.3, -0.25) is 23.7 Å². The molecule has 272 valence electrons. The van der Waals surface area contributed by atoms with Gasteiger partial charge in [0.2, 0.25) is 17.7 Å². The van der Waals surface area contributed by atoms with Crippen molar-refractivity contribution in [3.63, 3.8) is 0 Å². The van der Waals surface area contributed by atoms with Crippen LogP contribution in [0.25, 0.3) is 0 Å². The number of ether oxygens (including phenoxy) is 2. The number of esters is 1. The van der Waals surface area contributed by atoms with Gasteiger partial charge in [-0.15, -0.1) is 0 Å². The lowest BCUT2D eigenvalue weighted by Gasteiger charge is -2.41. The van der Waals surface area contributed by atoms with E-state index < -0.39 is 75.0 Å². The average Bonchev–Trinajstić information content (AvgIpc) is 2.86.